The average Bonchev–Trinajstić information content (AvgIpc) is 3.01. The molecule has 2 heterocycles. The van der Waals surface area contributed by atoms with Crippen LogP contribution in [0.25, 0.3) is 0 Å². The Bertz CT molecular complexity index is 338. The number of aliphatic carboxylic acids is 1. The average molecular weight is 225 g/mol. The smallest absolute Gasteiger partial charge is 0.319 e. The van der Waals surface area contributed by atoms with Gasteiger partial charge >= 0.3 is 5.97 Å². The SMILES string of the molecule is O=C(O)C1(C(=O)N2CC3CCC(C2)O3)CC1. The third-order valence-corrected chi connectivity index (χ3v) is 3.90. The van der Waals surface area contributed by atoms with Crippen molar-refractivity contribution in [1.82, 2.24) is 4.90 Å². The molecule has 2 aliphatic heterocycles. The zero-order valence-corrected chi connectivity index (χ0v) is 9.02. The van der Waals surface area contributed by atoms with Crippen LogP contribution in [-0.2, 0) is 14.3 Å². The number of carboxylic acid groups (broad SMARTS) is 1. The molecule has 0 radical (unpaired) electrons. The van der Waals surface area contributed by atoms with E-state index in [-0.39, 0.29) is 18.1 Å². The predicted octanol–water partition coefficient (Wildman–Crippen LogP) is 0.241. The minimum absolute atomic E-state index is 0.132. The highest BCUT2D eigenvalue weighted by atomic mass is 16.5. The van der Waals surface area contributed by atoms with E-state index in [0.717, 1.165) is 12.8 Å². The van der Waals surface area contributed by atoms with Crippen molar-refractivity contribution in [2.24, 2.45) is 5.41 Å². The number of carbonyl (C=O) groups excluding carboxylic acids is 1. The van der Waals surface area contributed by atoms with Crippen LogP contribution in [0, 0.1) is 5.41 Å². The van der Waals surface area contributed by atoms with Crippen molar-refractivity contribution in [1.29, 1.82) is 0 Å². The van der Waals surface area contributed by atoms with Crippen molar-refractivity contribution in [3.8, 4) is 0 Å². The fourth-order valence-electron chi connectivity index (χ4n) is 2.73. The molecule has 0 aromatic carbocycles. The quantitative estimate of drug-likeness (QED) is 0.684. The van der Waals surface area contributed by atoms with E-state index in [1.54, 1.807) is 4.90 Å². The molecular formula is C11H15NO4. The number of fused-ring (bicyclic) bond motifs is 2. The zero-order chi connectivity index (χ0) is 11.3. The predicted molar refractivity (Wildman–Crippen MR) is 53.8 cm³/mol. The lowest BCUT2D eigenvalue weighted by Crippen LogP contribution is -2.50. The Labute approximate surface area is 93.4 Å². The van der Waals surface area contributed by atoms with Gasteiger partial charge in [0.1, 0.15) is 5.41 Å². The van der Waals surface area contributed by atoms with Crippen LogP contribution in [0.3, 0.4) is 0 Å². The van der Waals surface area contributed by atoms with Crippen LogP contribution >= 0.6 is 0 Å². The van der Waals surface area contributed by atoms with Crippen molar-refractivity contribution >= 4 is 11.9 Å². The van der Waals surface area contributed by atoms with Crippen LogP contribution in [-0.4, -0.2) is 47.2 Å². The van der Waals surface area contributed by atoms with E-state index in [1.165, 1.54) is 0 Å². The largest absolute Gasteiger partial charge is 0.480 e. The van der Waals surface area contributed by atoms with Crippen LogP contribution in [0.15, 0.2) is 0 Å². The molecule has 0 spiro atoms. The normalized spacial score (nSPS) is 34.9. The second-order valence-electron chi connectivity index (χ2n) is 5.05. The first kappa shape index (κ1) is 10.1. The molecule has 3 rings (SSSR count). The van der Waals surface area contributed by atoms with E-state index in [9.17, 15) is 9.59 Å². The summed E-state index contributed by atoms with van der Waals surface area (Å²) in [6, 6.07) is 0. The third kappa shape index (κ3) is 1.34. The van der Waals surface area contributed by atoms with Crippen molar-refractivity contribution in [2.45, 2.75) is 37.9 Å². The fourth-order valence-corrected chi connectivity index (χ4v) is 2.73. The molecule has 2 unspecified atom stereocenters. The Morgan fingerprint density at radius 1 is 1.19 bits per heavy atom. The van der Waals surface area contributed by atoms with Crippen LogP contribution in [0.1, 0.15) is 25.7 Å². The Hall–Kier alpha value is -1.10. The van der Waals surface area contributed by atoms with E-state index in [0.29, 0.717) is 25.9 Å². The minimum Gasteiger partial charge on any atom is -0.480 e. The van der Waals surface area contributed by atoms with Gasteiger partial charge in [-0.05, 0) is 25.7 Å². The second kappa shape index (κ2) is 3.20. The summed E-state index contributed by atoms with van der Waals surface area (Å²) in [7, 11) is 0. The first-order chi connectivity index (χ1) is 7.62. The molecule has 2 atom stereocenters. The maximum Gasteiger partial charge on any atom is 0.319 e. The number of hydrogen-bond acceptors (Lipinski definition) is 3. The van der Waals surface area contributed by atoms with Crippen LogP contribution in [0.5, 0.6) is 0 Å². The summed E-state index contributed by atoms with van der Waals surface area (Å²) in [6.07, 6.45) is 3.24. The lowest BCUT2D eigenvalue weighted by molar-refractivity contribution is -0.157. The van der Waals surface area contributed by atoms with Crippen molar-refractivity contribution in [3.63, 3.8) is 0 Å². The molecule has 3 aliphatic rings. The number of carbonyl (C=O) groups is 2. The molecule has 0 aromatic rings. The fraction of sp³-hybridized carbons (Fsp3) is 0.818. The van der Waals surface area contributed by atoms with E-state index < -0.39 is 11.4 Å². The highest BCUT2D eigenvalue weighted by Gasteiger charge is 2.59. The zero-order valence-electron chi connectivity index (χ0n) is 9.02. The molecule has 88 valence electrons. The van der Waals surface area contributed by atoms with Crippen molar-refractivity contribution in [3.05, 3.63) is 0 Å². The van der Waals surface area contributed by atoms with Gasteiger partial charge in [-0.15, -0.1) is 0 Å². The molecule has 5 heteroatoms. The Kier molecular flexibility index (Phi) is 2.01. The van der Waals surface area contributed by atoms with E-state index in [4.69, 9.17) is 9.84 Å². The van der Waals surface area contributed by atoms with Crippen molar-refractivity contribution < 1.29 is 19.4 Å². The molecule has 16 heavy (non-hydrogen) atoms. The Morgan fingerprint density at radius 3 is 2.19 bits per heavy atom. The topological polar surface area (TPSA) is 66.8 Å². The van der Waals surface area contributed by atoms with Gasteiger partial charge in [0.15, 0.2) is 0 Å². The van der Waals surface area contributed by atoms with E-state index >= 15 is 0 Å². The summed E-state index contributed by atoms with van der Waals surface area (Å²) < 4.78 is 5.63. The Morgan fingerprint density at radius 2 is 1.75 bits per heavy atom. The first-order valence-corrected chi connectivity index (χ1v) is 5.80. The summed E-state index contributed by atoms with van der Waals surface area (Å²) in [4.78, 5) is 24.9. The summed E-state index contributed by atoms with van der Waals surface area (Å²) in [5.74, 6) is -1.16. The molecule has 2 saturated heterocycles. The first-order valence-electron chi connectivity index (χ1n) is 5.80. The maximum atomic E-state index is 12.1. The number of amides is 1. The van der Waals surface area contributed by atoms with Crippen LogP contribution in [0.2, 0.25) is 0 Å². The maximum absolute atomic E-state index is 12.1. The summed E-state index contributed by atoms with van der Waals surface area (Å²) in [5, 5.41) is 9.07. The molecule has 3 fully saturated rings. The minimum atomic E-state index is -1.09. The molecule has 1 N–H and O–H groups in total. The standard InChI is InChI=1S/C11H15NO4/c13-9(11(3-4-11)10(14)15)12-5-7-1-2-8(6-12)16-7/h7-8H,1-6H2,(H,14,15). The third-order valence-electron chi connectivity index (χ3n) is 3.90. The molecule has 1 aliphatic carbocycles. The van der Waals surface area contributed by atoms with Gasteiger partial charge in [-0.25, -0.2) is 0 Å². The summed E-state index contributed by atoms with van der Waals surface area (Å²) in [5.41, 5.74) is -1.09. The van der Waals surface area contributed by atoms with Gasteiger partial charge in [-0.2, -0.15) is 0 Å². The molecular weight excluding hydrogens is 210 g/mol. The van der Waals surface area contributed by atoms with Gasteiger partial charge in [0, 0.05) is 13.1 Å². The Balaban J connectivity index is 1.74. The van der Waals surface area contributed by atoms with Gasteiger partial charge < -0.3 is 14.7 Å². The monoisotopic (exact) mass is 225 g/mol. The van der Waals surface area contributed by atoms with Gasteiger partial charge in [-0.1, -0.05) is 0 Å². The molecule has 0 aromatic heterocycles. The highest BCUT2D eigenvalue weighted by molar-refractivity contribution is 6.04. The highest BCUT2D eigenvalue weighted by Crippen LogP contribution is 2.48. The van der Waals surface area contributed by atoms with Gasteiger partial charge in [0.25, 0.3) is 0 Å². The van der Waals surface area contributed by atoms with Crippen molar-refractivity contribution in [2.75, 3.05) is 13.1 Å². The van der Waals surface area contributed by atoms with Gasteiger partial charge in [0.05, 0.1) is 12.2 Å². The molecule has 1 saturated carbocycles. The number of morpholine rings is 1. The van der Waals surface area contributed by atoms with Crippen LogP contribution < -0.4 is 0 Å². The van der Waals surface area contributed by atoms with Crippen LogP contribution in [0.4, 0.5) is 0 Å². The summed E-state index contributed by atoms with van der Waals surface area (Å²) in [6.45, 7) is 1.15. The number of rotatable bonds is 2. The van der Waals surface area contributed by atoms with E-state index in [2.05, 4.69) is 0 Å². The summed E-state index contributed by atoms with van der Waals surface area (Å²) >= 11 is 0. The molecule has 1 amide bonds. The number of nitrogens with zero attached hydrogens (tertiary/aromatic N) is 1. The number of hydrogen-bond donors (Lipinski definition) is 1. The van der Waals surface area contributed by atoms with Gasteiger partial charge in [0.2, 0.25) is 5.91 Å². The number of ether oxygens (including phenoxy) is 1. The lowest BCUT2D eigenvalue weighted by atomic mass is 10.1. The number of carboxylic acids is 1. The molecule has 2 bridgehead atoms. The van der Waals surface area contributed by atoms with Gasteiger partial charge in [-0.3, -0.25) is 9.59 Å². The number of likely N-dealkylation sites (tertiary alicyclic amines) is 1. The van der Waals surface area contributed by atoms with E-state index in [1.807, 2.05) is 0 Å². The lowest BCUT2D eigenvalue weighted by Gasteiger charge is -2.33. The second-order valence-corrected chi connectivity index (χ2v) is 5.05. The molecule has 5 nitrogen and oxygen atoms in total.